The highest BCUT2D eigenvalue weighted by Gasteiger charge is 2.52. The second-order valence-corrected chi connectivity index (χ2v) is 13.7. The third kappa shape index (κ3) is 8.99. The molecule has 0 bridgehead atoms. The maximum absolute atomic E-state index is 13.9. The first-order chi connectivity index (χ1) is 19.8. The number of nitrogens with one attached hydrogen (secondary N) is 1. The molecule has 1 N–H and O–H groups in total. The smallest absolute Gasteiger partial charge is 0.342 e. The molecule has 228 valence electrons. The summed E-state index contributed by atoms with van der Waals surface area (Å²) in [6, 6.07) is 14.0. The van der Waals surface area contributed by atoms with E-state index in [0.29, 0.717) is 5.56 Å². The summed E-state index contributed by atoms with van der Waals surface area (Å²) >= 11 is 1.05. The van der Waals surface area contributed by atoms with Crippen molar-refractivity contribution in [1.82, 2.24) is 5.32 Å². The first-order valence-electron chi connectivity index (χ1n) is 13.6. The number of benzene rings is 2. The predicted octanol–water partition coefficient (Wildman–Crippen LogP) is 5.67. The SMILES string of the molecule is CC(C)OP(OC(C)C)(OC(C)C)=C(C(=O)OCc1ccc([N+](=O)[O-])cc1)[C@@H]1C(=O)N[C@@H]1CC(=O)Sc1ccccc1. The number of rotatable bonds is 14. The van der Waals surface area contributed by atoms with Crippen molar-refractivity contribution in [2.24, 2.45) is 5.92 Å². The Bertz CT molecular complexity index is 1300. The molecule has 1 saturated heterocycles. The summed E-state index contributed by atoms with van der Waals surface area (Å²) in [5, 5.41) is 13.5. The van der Waals surface area contributed by atoms with Gasteiger partial charge in [-0.3, -0.25) is 19.7 Å². The molecule has 2 atom stereocenters. The predicted molar refractivity (Wildman–Crippen MR) is 161 cm³/mol. The van der Waals surface area contributed by atoms with Crippen LogP contribution in [0.2, 0.25) is 0 Å². The van der Waals surface area contributed by atoms with E-state index < -0.39 is 54.6 Å². The molecule has 11 nitrogen and oxygen atoms in total. The van der Waals surface area contributed by atoms with Gasteiger partial charge in [-0.15, -0.1) is 0 Å². The maximum atomic E-state index is 13.9. The lowest BCUT2D eigenvalue weighted by atomic mass is 9.85. The third-order valence-electron chi connectivity index (χ3n) is 5.74. The summed E-state index contributed by atoms with van der Waals surface area (Å²) in [6.07, 6.45) is -1.42. The molecule has 3 rings (SSSR count). The van der Waals surface area contributed by atoms with Crippen LogP contribution in [0.3, 0.4) is 0 Å². The Hall–Kier alpha value is -3.02. The minimum atomic E-state index is -3.71. The van der Waals surface area contributed by atoms with Gasteiger partial charge in [-0.1, -0.05) is 30.0 Å². The van der Waals surface area contributed by atoms with E-state index in [1.807, 2.05) is 30.3 Å². The van der Waals surface area contributed by atoms with E-state index in [0.717, 1.165) is 16.7 Å². The number of β-lactam (4-membered cyclic amide) rings is 1. The summed E-state index contributed by atoms with van der Waals surface area (Å²) in [4.78, 5) is 51.3. The van der Waals surface area contributed by atoms with Crippen molar-refractivity contribution in [3.05, 3.63) is 70.3 Å². The molecule has 0 spiro atoms. The quantitative estimate of drug-likeness (QED) is 0.0701. The Balaban J connectivity index is 2.03. The molecule has 0 radical (unpaired) electrons. The van der Waals surface area contributed by atoms with Crippen LogP contribution in [0.15, 0.2) is 59.5 Å². The van der Waals surface area contributed by atoms with Crippen LogP contribution >= 0.6 is 19.3 Å². The monoisotopic (exact) mass is 620 g/mol. The van der Waals surface area contributed by atoms with E-state index in [9.17, 15) is 24.5 Å². The molecule has 1 fully saturated rings. The second-order valence-electron chi connectivity index (χ2n) is 10.4. The zero-order valence-electron chi connectivity index (χ0n) is 24.5. The maximum Gasteiger partial charge on any atom is 0.342 e. The van der Waals surface area contributed by atoms with Crippen LogP contribution in [0.25, 0.3) is 0 Å². The van der Waals surface area contributed by atoms with Crippen molar-refractivity contribution in [2.75, 3.05) is 0 Å². The molecule has 1 aliphatic heterocycles. The number of carbonyl (C=O) groups excluding carboxylic acids is 3. The molecule has 1 amide bonds. The van der Waals surface area contributed by atoms with E-state index in [-0.39, 0.29) is 29.1 Å². The van der Waals surface area contributed by atoms with Crippen molar-refractivity contribution >= 4 is 47.3 Å². The zero-order chi connectivity index (χ0) is 31.0. The highest BCUT2D eigenvalue weighted by atomic mass is 32.2. The van der Waals surface area contributed by atoms with Crippen LogP contribution in [-0.2, 0) is 39.3 Å². The standard InChI is InChI=1S/C29H37N2O9PS/c1-18(2)38-41(39-19(3)4,40-20(5)6)27(29(34)37-17-21-12-14-22(15-13-21)31(35)36)26-24(30-28(26)33)16-25(32)42-23-10-8-7-9-11-23/h7-15,18-20,24,26H,16-17H2,1-6H3,(H,30,33)/t24-,26-/m1/s1. The first kappa shape index (κ1) is 33.5. The molecule has 2 aromatic rings. The summed E-state index contributed by atoms with van der Waals surface area (Å²) < 4.78 is 24.5. The average molecular weight is 621 g/mol. The Morgan fingerprint density at radius 1 is 0.929 bits per heavy atom. The molecule has 0 unspecified atom stereocenters. The van der Waals surface area contributed by atoms with Crippen LogP contribution in [0.4, 0.5) is 5.69 Å². The summed E-state index contributed by atoms with van der Waals surface area (Å²) in [5.41, 5.74) is 0.399. The van der Waals surface area contributed by atoms with Crippen LogP contribution in [0.1, 0.15) is 53.5 Å². The number of thioether (sulfide) groups is 1. The largest absolute Gasteiger partial charge is 0.457 e. The minimum absolute atomic E-state index is 0.0554. The highest BCUT2D eigenvalue weighted by molar-refractivity contribution is 8.13. The number of hydrogen-bond acceptors (Lipinski definition) is 10. The van der Waals surface area contributed by atoms with Gasteiger partial charge in [0.25, 0.3) is 13.3 Å². The van der Waals surface area contributed by atoms with E-state index in [1.165, 1.54) is 24.3 Å². The van der Waals surface area contributed by atoms with Crippen molar-refractivity contribution < 1.29 is 37.6 Å². The van der Waals surface area contributed by atoms with Gasteiger partial charge in [-0.25, -0.2) is 4.79 Å². The van der Waals surface area contributed by atoms with Crippen LogP contribution in [-0.4, -0.2) is 51.6 Å². The lowest BCUT2D eigenvalue weighted by molar-refractivity contribution is -0.384. The number of non-ortho nitro benzene ring substituents is 1. The summed E-state index contributed by atoms with van der Waals surface area (Å²) in [5.74, 6) is -2.44. The van der Waals surface area contributed by atoms with Crippen LogP contribution in [0.5, 0.6) is 0 Å². The first-order valence-corrected chi connectivity index (χ1v) is 16.0. The Kier molecular flexibility index (Phi) is 11.9. The van der Waals surface area contributed by atoms with E-state index in [4.69, 9.17) is 18.3 Å². The lowest BCUT2D eigenvalue weighted by Crippen LogP contribution is -2.63. The van der Waals surface area contributed by atoms with Crippen LogP contribution in [0, 0.1) is 16.0 Å². The van der Waals surface area contributed by atoms with Gasteiger partial charge in [0.15, 0.2) is 5.12 Å². The minimum Gasteiger partial charge on any atom is -0.457 e. The Labute approximate surface area is 250 Å². The lowest BCUT2D eigenvalue weighted by Gasteiger charge is -2.41. The number of carbonyl (C=O) groups is 3. The Morgan fingerprint density at radius 3 is 1.95 bits per heavy atom. The average Bonchev–Trinajstić information content (AvgIpc) is 2.89. The van der Waals surface area contributed by atoms with Crippen molar-refractivity contribution in [3.8, 4) is 0 Å². The van der Waals surface area contributed by atoms with Gasteiger partial charge >= 0.3 is 5.97 Å². The van der Waals surface area contributed by atoms with Gasteiger partial charge in [0.05, 0.1) is 35.2 Å². The fraction of sp³-hybridized carbons (Fsp3) is 0.448. The molecule has 1 aliphatic rings. The molecular weight excluding hydrogens is 583 g/mol. The zero-order valence-corrected chi connectivity index (χ0v) is 26.2. The van der Waals surface area contributed by atoms with Crippen molar-refractivity contribution in [2.45, 2.75) is 83.8 Å². The number of nitro groups is 1. The van der Waals surface area contributed by atoms with E-state index >= 15 is 0 Å². The van der Waals surface area contributed by atoms with Crippen LogP contribution < -0.4 is 5.32 Å². The normalized spacial score (nSPS) is 16.7. The van der Waals surface area contributed by atoms with E-state index in [2.05, 4.69) is 5.32 Å². The molecule has 2 aromatic carbocycles. The van der Waals surface area contributed by atoms with Crippen molar-refractivity contribution in [3.63, 3.8) is 0 Å². The molecule has 13 heteroatoms. The number of amides is 1. The number of hydrogen-bond donors (Lipinski definition) is 1. The number of nitrogens with zero attached hydrogens (tertiary/aromatic N) is 1. The van der Waals surface area contributed by atoms with Gasteiger partial charge in [-0.2, -0.15) is 0 Å². The fourth-order valence-corrected chi connectivity index (χ4v) is 8.09. The molecule has 0 aliphatic carbocycles. The van der Waals surface area contributed by atoms with Crippen molar-refractivity contribution in [1.29, 1.82) is 0 Å². The number of nitro benzene ring substituents is 1. The number of esters is 1. The second kappa shape index (κ2) is 14.9. The Morgan fingerprint density at radius 2 is 1.48 bits per heavy atom. The topological polar surface area (TPSA) is 143 Å². The molecule has 42 heavy (non-hydrogen) atoms. The van der Waals surface area contributed by atoms with E-state index in [1.54, 1.807) is 41.5 Å². The molecule has 1 heterocycles. The van der Waals surface area contributed by atoms with Gasteiger partial charge in [0.1, 0.15) is 11.9 Å². The third-order valence-corrected chi connectivity index (χ3v) is 9.79. The molecule has 0 saturated carbocycles. The van der Waals surface area contributed by atoms with Gasteiger partial charge in [-0.05, 0) is 71.4 Å². The molecule has 0 aromatic heterocycles. The fourth-order valence-electron chi connectivity index (χ4n) is 4.19. The van der Waals surface area contributed by atoms with Gasteiger partial charge in [0.2, 0.25) is 5.91 Å². The molecular formula is C29H37N2O9PS. The van der Waals surface area contributed by atoms with Gasteiger partial charge < -0.3 is 23.6 Å². The highest BCUT2D eigenvalue weighted by Crippen LogP contribution is 2.58. The summed E-state index contributed by atoms with van der Waals surface area (Å²) in [6.45, 7) is 10.4. The van der Waals surface area contributed by atoms with Gasteiger partial charge in [0, 0.05) is 23.4 Å². The summed E-state index contributed by atoms with van der Waals surface area (Å²) in [7, 11) is -3.71. The number of ether oxygens (including phenoxy) is 1.